The molecule has 0 spiro atoms. The van der Waals surface area contributed by atoms with E-state index >= 15 is 0 Å². The molecule has 12 heteroatoms. The molecule has 1 unspecified atom stereocenters. The molecule has 0 saturated heterocycles. The summed E-state index contributed by atoms with van der Waals surface area (Å²) in [4.78, 5) is 0. The SMILES string of the molecule is CC(COS(=O)(=O)CC(F)F)OS(=O)(=O)CC(F)F. The number of halogens is 4. The Morgan fingerprint density at radius 2 is 1.32 bits per heavy atom. The lowest BCUT2D eigenvalue weighted by Crippen LogP contribution is -2.27. The second-order valence-electron chi connectivity index (χ2n) is 3.42. The first kappa shape index (κ1) is 18.5. The van der Waals surface area contributed by atoms with E-state index in [9.17, 15) is 34.4 Å². The third kappa shape index (κ3) is 10.0. The Balaban J connectivity index is 4.30. The predicted octanol–water partition coefficient (Wildman–Crippen LogP) is 0.598. The van der Waals surface area contributed by atoms with Crippen LogP contribution in [0.1, 0.15) is 6.92 Å². The van der Waals surface area contributed by atoms with Crippen molar-refractivity contribution in [1.82, 2.24) is 0 Å². The molecule has 6 nitrogen and oxygen atoms in total. The van der Waals surface area contributed by atoms with Crippen LogP contribution in [0.25, 0.3) is 0 Å². The Labute approximate surface area is 107 Å². The van der Waals surface area contributed by atoms with E-state index in [-0.39, 0.29) is 0 Å². The summed E-state index contributed by atoms with van der Waals surface area (Å²) >= 11 is 0. The van der Waals surface area contributed by atoms with Gasteiger partial charge in [-0.3, -0.25) is 8.37 Å². The van der Waals surface area contributed by atoms with Gasteiger partial charge >= 0.3 is 0 Å². The fourth-order valence-corrected chi connectivity index (χ4v) is 2.62. The van der Waals surface area contributed by atoms with Crippen LogP contribution in [0.2, 0.25) is 0 Å². The lowest BCUT2D eigenvalue weighted by atomic mass is 10.5. The van der Waals surface area contributed by atoms with Gasteiger partial charge in [-0.1, -0.05) is 0 Å². The molecule has 0 radical (unpaired) electrons. The molecule has 0 aliphatic carbocycles. The first-order chi connectivity index (χ1) is 8.43. The molecule has 0 amide bonds. The maximum absolute atomic E-state index is 11.8. The highest BCUT2D eigenvalue weighted by Crippen LogP contribution is 2.08. The molecule has 0 aliphatic rings. The molecule has 0 aromatic rings. The Morgan fingerprint density at radius 1 is 0.895 bits per heavy atom. The molecule has 0 aromatic heterocycles. The molecule has 0 N–H and O–H groups in total. The molecule has 0 aromatic carbocycles. The predicted molar refractivity (Wildman–Crippen MR) is 56.1 cm³/mol. The minimum Gasteiger partial charge on any atom is -0.267 e. The van der Waals surface area contributed by atoms with E-state index in [4.69, 9.17) is 0 Å². The summed E-state index contributed by atoms with van der Waals surface area (Å²) in [5, 5.41) is 0. The summed E-state index contributed by atoms with van der Waals surface area (Å²) in [7, 11) is -9.07. The van der Waals surface area contributed by atoms with Gasteiger partial charge in [-0.05, 0) is 6.92 Å². The van der Waals surface area contributed by atoms with Crippen LogP contribution in [-0.2, 0) is 28.6 Å². The highest BCUT2D eigenvalue weighted by molar-refractivity contribution is 7.87. The topological polar surface area (TPSA) is 86.7 Å². The molecule has 0 bridgehead atoms. The van der Waals surface area contributed by atoms with Crippen LogP contribution in [0.3, 0.4) is 0 Å². The Kier molecular flexibility index (Phi) is 7.18. The molecular formula is C7H12F4O6S2. The van der Waals surface area contributed by atoms with Crippen LogP contribution in [0.15, 0.2) is 0 Å². The van der Waals surface area contributed by atoms with Gasteiger partial charge in [0.1, 0.15) is 11.5 Å². The van der Waals surface area contributed by atoms with Crippen molar-refractivity contribution in [2.45, 2.75) is 25.9 Å². The molecule has 116 valence electrons. The average Bonchev–Trinajstić information content (AvgIpc) is 2.09. The lowest BCUT2D eigenvalue weighted by Gasteiger charge is -2.13. The zero-order chi connectivity index (χ0) is 15.3. The van der Waals surface area contributed by atoms with Gasteiger partial charge in [0.2, 0.25) is 0 Å². The fraction of sp³-hybridized carbons (Fsp3) is 1.00. The fourth-order valence-electron chi connectivity index (χ4n) is 0.874. The Bertz CT molecular complexity index is 460. The largest absolute Gasteiger partial charge is 0.273 e. The smallest absolute Gasteiger partial charge is 0.267 e. The normalized spacial score (nSPS) is 15.1. The third-order valence-corrected chi connectivity index (χ3v) is 3.89. The average molecular weight is 332 g/mol. The van der Waals surface area contributed by atoms with E-state index in [2.05, 4.69) is 8.37 Å². The quantitative estimate of drug-likeness (QED) is 0.454. The number of alkyl halides is 4. The molecule has 19 heavy (non-hydrogen) atoms. The van der Waals surface area contributed by atoms with Crippen LogP contribution in [-0.4, -0.2) is 53.9 Å². The van der Waals surface area contributed by atoms with Crippen LogP contribution < -0.4 is 0 Å². The van der Waals surface area contributed by atoms with Crippen LogP contribution in [0, 0.1) is 0 Å². The van der Waals surface area contributed by atoms with Gasteiger partial charge < -0.3 is 0 Å². The van der Waals surface area contributed by atoms with Gasteiger partial charge in [-0.15, -0.1) is 0 Å². The maximum atomic E-state index is 11.8. The van der Waals surface area contributed by atoms with Crippen molar-refractivity contribution in [2.75, 3.05) is 18.1 Å². The highest BCUT2D eigenvalue weighted by Gasteiger charge is 2.24. The Morgan fingerprint density at radius 3 is 1.74 bits per heavy atom. The molecule has 1 atom stereocenters. The second-order valence-corrected chi connectivity index (χ2v) is 6.75. The maximum Gasteiger partial charge on any atom is 0.273 e. The molecular weight excluding hydrogens is 320 g/mol. The van der Waals surface area contributed by atoms with Crippen LogP contribution in [0.5, 0.6) is 0 Å². The van der Waals surface area contributed by atoms with E-state index in [0.717, 1.165) is 6.92 Å². The van der Waals surface area contributed by atoms with Crippen molar-refractivity contribution in [3.63, 3.8) is 0 Å². The van der Waals surface area contributed by atoms with E-state index in [1.165, 1.54) is 0 Å². The first-order valence-electron chi connectivity index (χ1n) is 4.78. The molecule has 0 aliphatic heterocycles. The van der Waals surface area contributed by atoms with Crippen molar-refractivity contribution in [3.05, 3.63) is 0 Å². The summed E-state index contributed by atoms with van der Waals surface area (Å²) < 4.78 is 99.1. The zero-order valence-electron chi connectivity index (χ0n) is 9.63. The molecule has 0 fully saturated rings. The first-order valence-corrected chi connectivity index (χ1v) is 7.93. The molecule has 0 saturated carbocycles. The summed E-state index contributed by atoms with van der Waals surface area (Å²) in [6.45, 7) is 0.151. The number of rotatable bonds is 9. The summed E-state index contributed by atoms with van der Waals surface area (Å²) in [5.41, 5.74) is 0. The van der Waals surface area contributed by atoms with Gasteiger partial charge in [0, 0.05) is 0 Å². The standard InChI is InChI=1S/C7H12F4O6S2/c1-5(17-19(14,15)4-7(10)11)2-16-18(12,13)3-6(8)9/h5-7H,2-4H2,1H3. The second kappa shape index (κ2) is 7.36. The summed E-state index contributed by atoms with van der Waals surface area (Å²) in [6, 6.07) is 0. The van der Waals surface area contributed by atoms with Crippen LogP contribution >= 0.6 is 0 Å². The monoisotopic (exact) mass is 332 g/mol. The third-order valence-electron chi connectivity index (χ3n) is 1.45. The van der Waals surface area contributed by atoms with Crippen molar-refractivity contribution < 1.29 is 42.8 Å². The minimum absolute atomic E-state index is 0.877. The van der Waals surface area contributed by atoms with Crippen molar-refractivity contribution >= 4 is 20.2 Å². The van der Waals surface area contributed by atoms with E-state index < -0.39 is 57.3 Å². The highest BCUT2D eigenvalue weighted by atomic mass is 32.2. The summed E-state index contributed by atoms with van der Waals surface area (Å²) in [5.74, 6) is -3.11. The van der Waals surface area contributed by atoms with Crippen molar-refractivity contribution in [1.29, 1.82) is 0 Å². The molecule has 0 heterocycles. The van der Waals surface area contributed by atoms with E-state index in [0.29, 0.717) is 0 Å². The number of hydrogen-bond donors (Lipinski definition) is 0. The van der Waals surface area contributed by atoms with Gasteiger partial charge in [0.15, 0.2) is 0 Å². The lowest BCUT2D eigenvalue weighted by molar-refractivity contribution is 0.133. The van der Waals surface area contributed by atoms with Gasteiger partial charge in [0.25, 0.3) is 33.1 Å². The van der Waals surface area contributed by atoms with Gasteiger partial charge in [-0.2, -0.15) is 16.8 Å². The molecule has 0 rings (SSSR count). The zero-order valence-corrected chi connectivity index (χ0v) is 11.3. The minimum atomic E-state index is -4.54. The van der Waals surface area contributed by atoms with E-state index in [1.54, 1.807) is 0 Å². The summed E-state index contributed by atoms with van der Waals surface area (Å²) in [6.07, 6.45) is -7.71. The van der Waals surface area contributed by atoms with Crippen molar-refractivity contribution in [3.8, 4) is 0 Å². The van der Waals surface area contributed by atoms with E-state index in [1.807, 2.05) is 0 Å². The Hall–Kier alpha value is -0.460. The van der Waals surface area contributed by atoms with Crippen molar-refractivity contribution in [2.24, 2.45) is 0 Å². The van der Waals surface area contributed by atoms with Gasteiger partial charge in [-0.25, -0.2) is 17.6 Å². The van der Waals surface area contributed by atoms with Gasteiger partial charge in [0.05, 0.1) is 12.7 Å². The number of hydrogen-bond acceptors (Lipinski definition) is 6. The van der Waals surface area contributed by atoms with Crippen LogP contribution in [0.4, 0.5) is 17.6 Å².